The van der Waals surface area contributed by atoms with Gasteiger partial charge in [0.05, 0.1) is 15.4 Å². The standard InChI is InChI=1S/C13H13BrFNO/c1-3-4-8-6-10(17)11-12(14)9(15)5-7(2)13(11)16-8/h5-6H,3-4H2,1-2H3,(H,16,17). The highest BCUT2D eigenvalue weighted by Crippen LogP contribution is 2.26. The fourth-order valence-electron chi connectivity index (χ4n) is 1.98. The second-order valence-corrected chi connectivity index (χ2v) is 4.94. The van der Waals surface area contributed by atoms with E-state index in [1.807, 2.05) is 0 Å². The van der Waals surface area contributed by atoms with Gasteiger partial charge in [0.25, 0.3) is 0 Å². The molecule has 2 aromatic rings. The highest BCUT2D eigenvalue weighted by Gasteiger charge is 2.12. The maximum absolute atomic E-state index is 13.5. The molecule has 0 aliphatic heterocycles. The molecule has 0 bridgehead atoms. The topological polar surface area (TPSA) is 32.9 Å². The van der Waals surface area contributed by atoms with Gasteiger partial charge in [-0.05, 0) is 40.9 Å². The number of aryl methyl sites for hydroxylation is 2. The highest BCUT2D eigenvalue weighted by atomic mass is 79.9. The Balaban J connectivity index is 2.86. The lowest BCUT2D eigenvalue weighted by Crippen LogP contribution is -2.07. The van der Waals surface area contributed by atoms with Crippen LogP contribution in [-0.2, 0) is 6.42 Å². The Kier molecular flexibility index (Phi) is 3.33. The summed E-state index contributed by atoms with van der Waals surface area (Å²) in [5, 5.41) is 0.391. The molecule has 2 rings (SSSR count). The van der Waals surface area contributed by atoms with Crippen LogP contribution in [0.5, 0.6) is 0 Å². The maximum atomic E-state index is 13.5. The van der Waals surface area contributed by atoms with Crippen molar-refractivity contribution < 1.29 is 4.39 Å². The number of aromatic nitrogens is 1. The second-order valence-electron chi connectivity index (χ2n) is 4.15. The van der Waals surface area contributed by atoms with E-state index < -0.39 is 5.82 Å². The molecule has 90 valence electrons. The zero-order valence-electron chi connectivity index (χ0n) is 9.73. The molecule has 1 heterocycles. The molecule has 4 heteroatoms. The van der Waals surface area contributed by atoms with E-state index in [4.69, 9.17) is 0 Å². The molecule has 1 aromatic heterocycles. The second kappa shape index (κ2) is 4.61. The predicted molar refractivity (Wildman–Crippen MR) is 71.0 cm³/mol. The normalized spacial score (nSPS) is 11.1. The van der Waals surface area contributed by atoms with Gasteiger partial charge in [0, 0.05) is 11.8 Å². The minimum atomic E-state index is -0.399. The molecule has 2 nitrogen and oxygen atoms in total. The molecule has 0 aliphatic rings. The number of pyridine rings is 1. The number of halogens is 2. The van der Waals surface area contributed by atoms with Crippen molar-refractivity contribution >= 4 is 26.8 Å². The van der Waals surface area contributed by atoms with Crippen LogP contribution in [0.15, 0.2) is 21.4 Å². The Morgan fingerprint density at radius 3 is 2.76 bits per heavy atom. The third-order valence-corrected chi connectivity index (χ3v) is 3.55. The van der Waals surface area contributed by atoms with E-state index in [0.29, 0.717) is 10.9 Å². The average Bonchev–Trinajstić information content (AvgIpc) is 2.26. The van der Waals surface area contributed by atoms with Crippen LogP contribution in [-0.4, -0.2) is 4.98 Å². The quantitative estimate of drug-likeness (QED) is 0.901. The van der Waals surface area contributed by atoms with Gasteiger partial charge in [-0.15, -0.1) is 0 Å². The first-order valence-electron chi connectivity index (χ1n) is 5.55. The molecule has 1 N–H and O–H groups in total. The minimum Gasteiger partial charge on any atom is -0.358 e. The Bertz CT molecular complexity index is 633. The molecule has 0 unspecified atom stereocenters. The van der Waals surface area contributed by atoms with E-state index in [0.717, 1.165) is 24.1 Å². The van der Waals surface area contributed by atoms with E-state index >= 15 is 0 Å². The first kappa shape index (κ1) is 12.3. The molecule has 0 amide bonds. The summed E-state index contributed by atoms with van der Waals surface area (Å²) in [6.45, 7) is 3.85. The third-order valence-electron chi connectivity index (χ3n) is 2.77. The van der Waals surface area contributed by atoms with Crippen molar-refractivity contribution in [3.05, 3.63) is 43.9 Å². The predicted octanol–water partition coefficient (Wildman–Crippen LogP) is 3.69. The Hall–Kier alpha value is -1.16. The van der Waals surface area contributed by atoms with Crippen molar-refractivity contribution in [2.24, 2.45) is 0 Å². The van der Waals surface area contributed by atoms with E-state index in [2.05, 4.69) is 27.8 Å². The summed E-state index contributed by atoms with van der Waals surface area (Å²) in [4.78, 5) is 15.2. The number of rotatable bonds is 2. The van der Waals surface area contributed by atoms with Crippen LogP contribution >= 0.6 is 15.9 Å². The molecule has 0 spiro atoms. The Morgan fingerprint density at radius 1 is 1.41 bits per heavy atom. The van der Waals surface area contributed by atoms with Gasteiger partial charge in [-0.25, -0.2) is 4.39 Å². The number of nitrogens with one attached hydrogen (secondary N) is 1. The van der Waals surface area contributed by atoms with E-state index in [-0.39, 0.29) is 9.90 Å². The highest BCUT2D eigenvalue weighted by molar-refractivity contribution is 9.10. The Labute approximate surface area is 107 Å². The largest absolute Gasteiger partial charge is 0.358 e. The summed E-state index contributed by atoms with van der Waals surface area (Å²) in [6.07, 6.45) is 1.78. The minimum absolute atomic E-state index is 0.142. The average molecular weight is 298 g/mol. The van der Waals surface area contributed by atoms with Crippen molar-refractivity contribution in [2.45, 2.75) is 26.7 Å². The molecular weight excluding hydrogens is 285 g/mol. The number of aromatic amines is 1. The first-order valence-corrected chi connectivity index (χ1v) is 6.34. The van der Waals surface area contributed by atoms with Gasteiger partial charge in [-0.1, -0.05) is 13.3 Å². The molecule has 0 saturated heterocycles. The summed E-state index contributed by atoms with van der Waals surface area (Å²) >= 11 is 3.13. The van der Waals surface area contributed by atoms with Crippen molar-refractivity contribution in [1.29, 1.82) is 0 Å². The van der Waals surface area contributed by atoms with Crippen molar-refractivity contribution in [2.75, 3.05) is 0 Å². The summed E-state index contributed by atoms with van der Waals surface area (Å²) in [7, 11) is 0. The third kappa shape index (κ3) is 2.14. The van der Waals surface area contributed by atoms with Crippen molar-refractivity contribution in [1.82, 2.24) is 4.98 Å². The molecule has 0 fully saturated rings. The fraction of sp³-hybridized carbons (Fsp3) is 0.308. The van der Waals surface area contributed by atoms with Crippen molar-refractivity contribution in [3.8, 4) is 0 Å². The molecule has 0 atom stereocenters. The monoisotopic (exact) mass is 297 g/mol. The van der Waals surface area contributed by atoms with Crippen LogP contribution in [0.25, 0.3) is 10.9 Å². The summed E-state index contributed by atoms with van der Waals surface area (Å²) in [5.41, 5.74) is 2.22. The van der Waals surface area contributed by atoms with Gasteiger partial charge in [-0.3, -0.25) is 4.79 Å². The fourth-order valence-corrected chi connectivity index (χ4v) is 2.48. The zero-order chi connectivity index (χ0) is 12.6. The molecule has 0 radical (unpaired) electrons. The number of fused-ring (bicyclic) bond motifs is 1. The zero-order valence-corrected chi connectivity index (χ0v) is 11.3. The summed E-state index contributed by atoms with van der Waals surface area (Å²) in [5.74, 6) is -0.399. The van der Waals surface area contributed by atoms with E-state index in [9.17, 15) is 9.18 Å². The van der Waals surface area contributed by atoms with Gasteiger partial charge in [0.1, 0.15) is 5.82 Å². The first-order chi connectivity index (χ1) is 8.04. The van der Waals surface area contributed by atoms with E-state index in [1.165, 1.54) is 6.07 Å². The van der Waals surface area contributed by atoms with Crippen LogP contribution in [0.3, 0.4) is 0 Å². The summed E-state index contributed by atoms with van der Waals surface area (Å²) < 4.78 is 13.8. The Morgan fingerprint density at radius 2 is 2.12 bits per heavy atom. The number of hydrogen-bond donors (Lipinski definition) is 1. The summed E-state index contributed by atoms with van der Waals surface area (Å²) in [6, 6.07) is 2.98. The van der Waals surface area contributed by atoms with Crippen LogP contribution in [0, 0.1) is 12.7 Å². The van der Waals surface area contributed by atoms with Gasteiger partial charge in [0.2, 0.25) is 0 Å². The number of benzene rings is 1. The molecule has 0 aliphatic carbocycles. The van der Waals surface area contributed by atoms with Gasteiger partial charge in [-0.2, -0.15) is 0 Å². The van der Waals surface area contributed by atoms with E-state index in [1.54, 1.807) is 13.0 Å². The maximum Gasteiger partial charge on any atom is 0.190 e. The van der Waals surface area contributed by atoms with Crippen LogP contribution in [0.4, 0.5) is 4.39 Å². The molecule has 17 heavy (non-hydrogen) atoms. The number of hydrogen-bond acceptors (Lipinski definition) is 1. The lowest BCUT2D eigenvalue weighted by Gasteiger charge is -2.08. The van der Waals surface area contributed by atoms with Crippen molar-refractivity contribution in [3.63, 3.8) is 0 Å². The van der Waals surface area contributed by atoms with Crippen LogP contribution in [0.2, 0.25) is 0 Å². The molecule has 1 aromatic carbocycles. The molecule has 0 saturated carbocycles. The van der Waals surface area contributed by atoms with Crippen LogP contribution in [0.1, 0.15) is 24.6 Å². The lowest BCUT2D eigenvalue weighted by atomic mass is 10.1. The van der Waals surface area contributed by atoms with Crippen LogP contribution < -0.4 is 5.43 Å². The SMILES string of the molecule is CCCc1cc(=O)c2c(Br)c(F)cc(C)c2[nH]1. The number of H-pyrrole nitrogens is 1. The van der Waals surface area contributed by atoms with Gasteiger partial charge in [0.15, 0.2) is 5.43 Å². The lowest BCUT2D eigenvalue weighted by molar-refractivity contribution is 0.622. The molecular formula is C13H13BrFNO. The smallest absolute Gasteiger partial charge is 0.190 e. The van der Waals surface area contributed by atoms with Gasteiger partial charge < -0.3 is 4.98 Å². The van der Waals surface area contributed by atoms with Gasteiger partial charge >= 0.3 is 0 Å².